The van der Waals surface area contributed by atoms with Crippen molar-refractivity contribution in [1.82, 2.24) is 25.7 Å². The van der Waals surface area contributed by atoms with Crippen LogP contribution >= 0.6 is 0 Å². The number of nitrogens with zero attached hydrogens (tertiary/aromatic N) is 3. The second-order valence-corrected chi connectivity index (χ2v) is 5.61. The van der Waals surface area contributed by atoms with E-state index in [1.54, 1.807) is 0 Å². The minimum atomic E-state index is -0.0987. The smallest absolute Gasteiger partial charge is 0.226 e. The van der Waals surface area contributed by atoms with Gasteiger partial charge in [-0.05, 0) is 17.7 Å². The van der Waals surface area contributed by atoms with Gasteiger partial charge < -0.3 is 9.84 Å². The van der Waals surface area contributed by atoms with E-state index in [1.165, 1.54) is 6.33 Å². The fourth-order valence-electron chi connectivity index (χ4n) is 2.61. The van der Waals surface area contributed by atoms with E-state index in [2.05, 4.69) is 25.7 Å². The predicted octanol–water partition coefficient (Wildman–Crippen LogP) is 2.47. The summed E-state index contributed by atoms with van der Waals surface area (Å²) in [5.41, 5.74) is 3.28. The molecule has 0 unspecified atom stereocenters. The zero-order valence-corrected chi connectivity index (χ0v) is 13.3. The Hall–Kier alpha value is -3.48. The van der Waals surface area contributed by atoms with E-state index in [0.717, 1.165) is 16.5 Å². The molecule has 7 heteroatoms. The molecule has 0 atom stereocenters. The number of para-hydroxylation sites is 1. The summed E-state index contributed by atoms with van der Waals surface area (Å²) in [6.45, 7) is 0.450. The first-order valence-electron chi connectivity index (χ1n) is 7.84. The first kappa shape index (κ1) is 15.1. The van der Waals surface area contributed by atoms with Gasteiger partial charge in [0.05, 0.1) is 6.42 Å². The quantitative estimate of drug-likeness (QED) is 0.585. The number of H-pyrrole nitrogens is 1. The number of hydrogen-bond donors (Lipinski definition) is 2. The van der Waals surface area contributed by atoms with Crippen molar-refractivity contribution in [3.05, 3.63) is 66.1 Å². The third-order valence-corrected chi connectivity index (χ3v) is 3.91. The van der Waals surface area contributed by atoms with Crippen LogP contribution in [0.1, 0.15) is 11.3 Å². The molecule has 0 saturated heterocycles. The Morgan fingerprint density at radius 1 is 1.12 bits per heavy atom. The lowest BCUT2D eigenvalue weighted by Gasteiger charge is -2.05. The number of aromatic nitrogens is 4. The van der Waals surface area contributed by atoms with Crippen LogP contribution in [0.4, 0.5) is 0 Å². The van der Waals surface area contributed by atoms with Crippen LogP contribution in [-0.2, 0) is 17.8 Å². The van der Waals surface area contributed by atoms with Crippen molar-refractivity contribution in [2.45, 2.75) is 13.0 Å². The number of nitrogens with one attached hydrogen (secondary N) is 2. The minimum Gasteiger partial charge on any atom is -0.356 e. The van der Waals surface area contributed by atoms with E-state index < -0.39 is 0 Å². The maximum atomic E-state index is 12.2. The highest BCUT2D eigenvalue weighted by atomic mass is 16.5. The zero-order chi connectivity index (χ0) is 17.1. The Balaban J connectivity index is 1.37. The van der Waals surface area contributed by atoms with Gasteiger partial charge in [-0.3, -0.25) is 9.89 Å². The highest BCUT2D eigenvalue weighted by Crippen LogP contribution is 2.18. The van der Waals surface area contributed by atoms with Crippen LogP contribution in [0.15, 0.2) is 59.4 Å². The maximum absolute atomic E-state index is 12.2. The van der Waals surface area contributed by atoms with Crippen molar-refractivity contribution >= 4 is 16.9 Å². The normalized spacial score (nSPS) is 10.9. The Morgan fingerprint density at radius 3 is 2.76 bits per heavy atom. The average molecular weight is 333 g/mol. The van der Waals surface area contributed by atoms with Crippen LogP contribution in [0, 0.1) is 0 Å². The highest BCUT2D eigenvalue weighted by Gasteiger charge is 2.11. The molecule has 124 valence electrons. The summed E-state index contributed by atoms with van der Waals surface area (Å²) in [5.74, 6) is 0.617. The Bertz CT molecular complexity index is 990. The molecular formula is C18H15N5O2. The fraction of sp³-hybridized carbons (Fsp3) is 0.111. The molecule has 7 nitrogen and oxygen atoms in total. The second kappa shape index (κ2) is 6.56. The van der Waals surface area contributed by atoms with Gasteiger partial charge in [0, 0.05) is 17.5 Å². The summed E-state index contributed by atoms with van der Waals surface area (Å²) in [5, 5.41) is 14.4. The summed E-state index contributed by atoms with van der Waals surface area (Å²) >= 11 is 0. The van der Waals surface area contributed by atoms with Gasteiger partial charge >= 0.3 is 0 Å². The highest BCUT2D eigenvalue weighted by molar-refractivity contribution is 5.86. The van der Waals surface area contributed by atoms with Crippen LogP contribution in [0.5, 0.6) is 0 Å². The molecule has 1 amide bonds. The lowest BCUT2D eigenvalue weighted by molar-refractivity contribution is -0.120. The predicted molar refractivity (Wildman–Crippen MR) is 91.4 cm³/mol. The van der Waals surface area contributed by atoms with Gasteiger partial charge in [0.25, 0.3) is 0 Å². The molecule has 0 fully saturated rings. The van der Waals surface area contributed by atoms with Crippen molar-refractivity contribution < 1.29 is 9.32 Å². The molecule has 0 aliphatic carbocycles. The molecule has 25 heavy (non-hydrogen) atoms. The summed E-state index contributed by atoms with van der Waals surface area (Å²) in [4.78, 5) is 16.3. The monoisotopic (exact) mass is 333 g/mol. The van der Waals surface area contributed by atoms with E-state index in [1.807, 2.05) is 48.5 Å². The van der Waals surface area contributed by atoms with Crippen LogP contribution < -0.4 is 5.32 Å². The molecule has 2 aromatic carbocycles. The fourth-order valence-corrected chi connectivity index (χ4v) is 2.61. The number of hydrogen-bond acceptors (Lipinski definition) is 5. The Labute approximate surface area is 143 Å². The Morgan fingerprint density at radius 2 is 1.96 bits per heavy atom. The molecule has 0 spiro atoms. The van der Waals surface area contributed by atoms with Crippen molar-refractivity contribution in [2.75, 3.05) is 0 Å². The van der Waals surface area contributed by atoms with E-state index in [9.17, 15) is 4.79 Å². The molecule has 0 aliphatic heterocycles. The average Bonchev–Trinajstić information content (AvgIpc) is 3.31. The number of carbonyl (C=O) groups is 1. The third kappa shape index (κ3) is 3.25. The van der Waals surface area contributed by atoms with E-state index >= 15 is 0 Å². The molecular weight excluding hydrogens is 318 g/mol. The molecule has 2 N–H and O–H groups in total. The van der Waals surface area contributed by atoms with Gasteiger partial charge in [0.1, 0.15) is 12.0 Å². The van der Waals surface area contributed by atoms with Gasteiger partial charge in [-0.25, -0.2) is 4.98 Å². The summed E-state index contributed by atoms with van der Waals surface area (Å²) in [6.07, 6.45) is 1.66. The van der Waals surface area contributed by atoms with Gasteiger partial charge in [0.2, 0.25) is 5.91 Å². The van der Waals surface area contributed by atoms with Crippen molar-refractivity contribution in [3.63, 3.8) is 0 Å². The van der Waals surface area contributed by atoms with Crippen molar-refractivity contribution in [3.8, 4) is 11.4 Å². The SMILES string of the molecule is O=C(Cc1noc2ccccc12)NCc1ccc(-c2ncn[nH]2)cc1. The molecule has 2 aromatic heterocycles. The molecule has 0 bridgehead atoms. The van der Waals surface area contributed by atoms with Gasteiger partial charge in [0.15, 0.2) is 11.4 Å². The van der Waals surface area contributed by atoms with E-state index in [4.69, 9.17) is 4.52 Å². The van der Waals surface area contributed by atoms with Crippen molar-refractivity contribution in [1.29, 1.82) is 0 Å². The lowest BCUT2D eigenvalue weighted by Crippen LogP contribution is -2.24. The Kier molecular flexibility index (Phi) is 3.96. The first-order valence-corrected chi connectivity index (χ1v) is 7.84. The number of amides is 1. The summed E-state index contributed by atoms with van der Waals surface area (Å²) in [7, 11) is 0. The molecule has 4 rings (SSSR count). The number of carbonyl (C=O) groups excluding carboxylic acids is 1. The lowest BCUT2D eigenvalue weighted by atomic mass is 10.1. The second-order valence-electron chi connectivity index (χ2n) is 5.61. The van der Waals surface area contributed by atoms with Gasteiger partial charge in [-0.2, -0.15) is 5.10 Å². The zero-order valence-electron chi connectivity index (χ0n) is 13.3. The number of rotatable bonds is 5. The van der Waals surface area contributed by atoms with Crippen molar-refractivity contribution in [2.24, 2.45) is 0 Å². The van der Waals surface area contributed by atoms with Crippen LogP contribution in [0.2, 0.25) is 0 Å². The van der Waals surface area contributed by atoms with E-state index in [-0.39, 0.29) is 12.3 Å². The number of benzene rings is 2. The first-order chi connectivity index (χ1) is 12.3. The topological polar surface area (TPSA) is 96.7 Å². The summed E-state index contributed by atoms with van der Waals surface area (Å²) in [6, 6.07) is 15.3. The van der Waals surface area contributed by atoms with Gasteiger partial charge in [-0.15, -0.1) is 0 Å². The molecule has 0 radical (unpaired) electrons. The number of aromatic amines is 1. The van der Waals surface area contributed by atoms with Crippen LogP contribution in [-0.4, -0.2) is 26.2 Å². The summed E-state index contributed by atoms with van der Waals surface area (Å²) < 4.78 is 5.22. The largest absolute Gasteiger partial charge is 0.356 e. The maximum Gasteiger partial charge on any atom is 0.226 e. The molecule has 0 saturated carbocycles. The molecule has 2 heterocycles. The minimum absolute atomic E-state index is 0.0987. The van der Waals surface area contributed by atoms with Crippen LogP contribution in [0.3, 0.4) is 0 Å². The third-order valence-electron chi connectivity index (χ3n) is 3.91. The number of fused-ring (bicyclic) bond motifs is 1. The molecule has 0 aliphatic rings. The van der Waals surface area contributed by atoms with E-state index in [0.29, 0.717) is 23.6 Å². The molecule has 4 aromatic rings. The van der Waals surface area contributed by atoms with Gasteiger partial charge in [-0.1, -0.05) is 41.6 Å². The standard InChI is InChI=1S/C18H15N5O2/c24-17(9-15-14-3-1-2-4-16(14)25-23-15)19-10-12-5-7-13(8-6-12)18-20-11-21-22-18/h1-8,11H,9-10H2,(H,19,24)(H,20,21,22). The van der Waals surface area contributed by atoms with Crippen LogP contribution in [0.25, 0.3) is 22.4 Å².